The molecule has 2 nitrogen and oxygen atoms in total. The van der Waals surface area contributed by atoms with Gasteiger partial charge in [0.15, 0.2) is 0 Å². The highest BCUT2D eigenvalue weighted by atomic mass is 16.3. The van der Waals surface area contributed by atoms with Crippen LogP contribution < -0.4 is 0 Å². The van der Waals surface area contributed by atoms with Crippen molar-refractivity contribution in [2.75, 3.05) is 0 Å². The molecular weight excluding hydrogens is 318 g/mol. The van der Waals surface area contributed by atoms with Crippen LogP contribution in [0.15, 0.2) is 42.6 Å². The maximum atomic E-state index is 9.89. The summed E-state index contributed by atoms with van der Waals surface area (Å²) in [5, 5.41) is 9.89. The van der Waals surface area contributed by atoms with Crippen molar-refractivity contribution in [3.8, 4) is 11.1 Å². The minimum Gasteiger partial charge on any atom is -0.388 e. The summed E-state index contributed by atoms with van der Waals surface area (Å²) < 4.78 is 0. The van der Waals surface area contributed by atoms with Crippen molar-refractivity contribution in [1.82, 2.24) is 4.98 Å². The molecule has 1 aromatic carbocycles. The molecule has 2 heteroatoms. The zero-order valence-corrected chi connectivity index (χ0v) is 16.6. The Bertz CT molecular complexity index is 603. The Morgan fingerprint density at radius 1 is 0.769 bits per heavy atom. The number of rotatable bonds is 12. The van der Waals surface area contributed by atoms with E-state index in [4.69, 9.17) is 0 Å². The van der Waals surface area contributed by atoms with Crippen molar-refractivity contribution in [3.05, 3.63) is 53.9 Å². The summed E-state index contributed by atoms with van der Waals surface area (Å²) in [6.07, 6.45) is 14.2. The molecule has 0 aliphatic rings. The van der Waals surface area contributed by atoms with E-state index >= 15 is 0 Å². The van der Waals surface area contributed by atoms with E-state index in [0.29, 0.717) is 0 Å². The van der Waals surface area contributed by atoms with E-state index in [9.17, 15) is 5.11 Å². The molecule has 0 radical (unpaired) electrons. The standard InChI is InChI=1S/C24H35NO/c1-3-5-6-7-8-9-10-11-12-23-18-17-22(19-25-23)20-13-15-21(16-14-20)24(26)4-2/h13-19,24,26H,3-12H2,1-2H3. The summed E-state index contributed by atoms with van der Waals surface area (Å²) in [6.45, 7) is 4.26. The lowest BCUT2D eigenvalue weighted by molar-refractivity contribution is 0.173. The summed E-state index contributed by atoms with van der Waals surface area (Å²) in [5.41, 5.74) is 4.47. The molecule has 1 N–H and O–H groups in total. The lowest BCUT2D eigenvalue weighted by Gasteiger charge is -2.09. The van der Waals surface area contributed by atoms with Gasteiger partial charge in [0.1, 0.15) is 0 Å². The van der Waals surface area contributed by atoms with Gasteiger partial charge in [-0.25, -0.2) is 0 Å². The lowest BCUT2D eigenvalue weighted by Crippen LogP contribution is -1.95. The minimum atomic E-state index is -0.365. The second-order valence-electron chi connectivity index (χ2n) is 7.31. The summed E-state index contributed by atoms with van der Waals surface area (Å²) in [7, 11) is 0. The molecule has 0 spiro atoms. The first-order valence-corrected chi connectivity index (χ1v) is 10.5. The monoisotopic (exact) mass is 353 g/mol. The molecule has 1 heterocycles. The molecule has 26 heavy (non-hydrogen) atoms. The van der Waals surface area contributed by atoms with Crippen LogP contribution in [-0.4, -0.2) is 10.1 Å². The summed E-state index contributed by atoms with van der Waals surface area (Å²) in [5.74, 6) is 0. The molecule has 0 saturated carbocycles. The van der Waals surface area contributed by atoms with Crippen LogP contribution in [0.3, 0.4) is 0 Å². The number of pyridine rings is 1. The molecule has 1 aromatic heterocycles. The van der Waals surface area contributed by atoms with E-state index in [-0.39, 0.29) is 6.10 Å². The van der Waals surface area contributed by atoms with Gasteiger partial charge in [0.25, 0.3) is 0 Å². The summed E-state index contributed by atoms with van der Waals surface area (Å²) >= 11 is 0. The molecule has 0 aliphatic carbocycles. The fourth-order valence-electron chi connectivity index (χ4n) is 3.32. The Hall–Kier alpha value is -1.67. The molecule has 142 valence electrons. The van der Waals surface area contributed by atoms with Gasteiger partial charge in [0, 0.05) is 17.5 Å². The SMILES string of the molecule is CCCCCCCCCCc1ccc(-c2ccc(C(O)CC)cc2)cn1. The fourth-order valence-corrected chi connectivity index (χ4v) is 3.32. The van der Waals surface area contributed by atoms with Crippen LogP contribution in [0.2, 0.25) is 0 Å². The molecule has 2 rings (SSSR count). The Balaban J connectivity index is 1.74. The van der Waals surface area contributed by atoms with Crippen LogP contribution in [0.5, 0.6) is 0 Å². The molecule has 0 bridgehead atoms. The molecule has 0 saturated heterocycles. The Morgan fingerprint density at radius 3 is 1.96 bits per heavy atom. The third kappa shape index (κ3) is 6.92. The molecular formula is C24H35NO. The zero-order chi connectivity index (χ0) is 18.6. The Morgan fingerprint density at radius 2 is 1.38 bits per heavy atom. The predicted molar refractivity (Wildman–Crippen MR) is 111 cm³/mol. The molecule has 0 amide bonds. The van der Waals surface area contributed by atoms with E-state index in [0.717, 1.165) is 29.5 Å². The van der Waals surface area contributed by atoms with E-state index in [1.807, 2.05) is 25.3 Å². The Kier molecular flexibility index (Phi) is 9.41. The third-order valence-electron chi connectivity index (χ3n) is 5.13. The van der Waals surface area contributed by atoms with E-state index in [2.05, 4.69) is 36.2 Å². The topological polar surface area (TPSA) is 33.1 Å². The number of hydrogen-bond donors (Lipinski definition) is 1. The second-order valence-corrected chi connectivity index (χ2v) is 7.31. The lowest BCUT2D eigenvalue weighted by atomic mass is 10.0. The van der Waals surface area contributed by atoms with Crippen LogP contribution in [-0.2, 0) is 6.42 Å². The number of benzene rings is 1. The predicted octanol–water partition coefficient (Wildman–Crippen LogP) is 6.88. The van der Waals surface area contributed by atoms with Crippen molar-refractivity contribution in [2.24, 2.45) is 0 Å². The van der Waals surface area contributed by atoms with Crippen LogP contribution in [0, 0.1) is 0 Å². The first-order chi connectivity index (χ1) is 12.7. The normalized spacial score (nSPS) is 12.3. The van der Waals surface area contributed by atoms with Gasteiger partial charge in [-0.1, -0.05) is 89.1 Å². The van der Waals surface area contributed by atoms with Crippen molar-refractivity contribution in [2.45, 2.75) is 84.2 Å². The summed E-state index contributed by atoms with van der Waals surface area (Å²) in [4.78, 5) is 4.64. The number of aliphatic hydroxyl groups is 1. The number of unbranched alkanes of at least 4 members (excludes halogenated alkanes) is 7. The number of aryl methyl sites for hydroxylation is 1. The van der Waals surface area contributed by atoms with Gasteiger partial charge in [-0.3, -0.25) is 4.98 Å². The number of nitrogens with zero attached hydrogens (tertiary/aromatic N) is 1. The maximum Gasteiger partial charge on any atom is 0.0787 e. The number of aliphatic hydroxyl groups excluding tert-OH is 1. The largest absolute Gasteiger partial charge is 0.388 e. The van der Waals surface area contributed by atoms with E-state index < -0.39 is 0 Å². The summed E-state index contributed by atoms with van der Waals surface area (Å²) in [6, 6.07) is 12.5. The second kappa shape index (κ2) is 11.9. The fraction of sp³-hybridized carbons (Fsp3) is 0.542. The van der Waals surface area contributed by atoms with Crippen molar-refractivity contribution >= 4 is 0 Å². The van der Waals surface area contributed by atoms with Gasteiger partial charge in [0.2, 0.25) is 0 Å². The van der Waals surface area contributed by atoms with Gasteiger partial charge >= 0.3 is 0 Å². The van der Waals surface area contributed by atoms with Gasteiger partial charge < -0.3 is 5.11 Å². The maximum absolute atomic E-state index is 9.89. The quantitative estimate of drug-likeness (QED) is 0.422. The minimum absolute atomic E-state index is 0.365. The third-order valence-corrected chi connectivity index (χ3v) is 5.13. The molecule has 0 aliphatic heterocycles. The van der Waals surface area contributed by atoms with Crippen LogP contribution >= 0.6 is 0 Å². The van der Waals surface area contributed by atoms with Crippen molar-refractivity contribution < 1.29 is 5.11 Å². The van der Waals surface area contributed by atoms with Gasteiger partial charge in [-0.05, 0) is 36.5 Å². The van der Waals surface area contributed by atoms with Crippen molar-refractivity contribution in [3.63, 3.8) is 0 Å². The molecule has 0 fully saturated rings. The highest BCUT2D eigenvalue weighted by Crippen LogP contribution is 2.23. The average molecular weight is 354 g/mol. The first-order valence-electron chi connectivity index (χ1n) is 10.5. The number of aromatic nitrogens is 1. The highest BCUT2D eigenvalue weighted by Gasteiger charge is 2.05. The average Bonchev–Trinajstić information content (AvgIpc) is 2.70. The van der Waals surface area contributed by atoms with Crippen LogP contribution in [0.25, 0.3) is 11.1 Å². The van der Waals surface area contributed by atoms with Gasteiger partial charge in [-0.15, -0.1) is 0 Å². The Labute approximate surface area is 159 Å². The van der Waals surface area contributed by atoms with E-state index in [1.54, 1.807) is 0 Å². The first kappa shape index (κ1) is 20.6. The molecule has 1 unspecified atom stereocenters. The molecule has 2 aromatic rings. The van der Waals surface area contributed by atoms with Gasteiger partial charge in [0.05, 0.1) is 6.10 Å². The molecule has 1 atom stereocenters. The smallest absolute Gasteiger partial charge is 0.0787 e. The van der Waals surface area contributed by atoms with E-state index in [1.165, 1.54) is 57.1 Å². The van der Waals surface area contributed by atoms with Crippen LogP contribution in [0.1, 0.15) is 89.0 Å². The number of hydrogen-bond acceptors (Lipinski definition) is 2. The van der Waals surface area contributed by atoms with Gasteiger partial charge in [-0.2, -0.15) is 0 Å². The van der Waals surface area contributed by atoms with Crippen LogP contribution in [0.4, 0.5) is 0 Å². The highest BCUT2D eigenvalue weighted by molar-refractivity contribution is 5.62. The zero-order valence-electron chi connectivity index (χ0n) is 16.6. The van der Waals surface area contributed by atoms with Crippen molar-refractivity contribution in [1.29, 1.82) is 0 Å².